The second-order valence-corrected chi connectivity index (χ2v) is 6.80. The third-order valence-electron chi connectivity index (χ3n) is 3.04. The monoisotopic (exact) mass is 299 g/mol. The van der Waals surface area contributed by atoms with Crippen molar-refractivity contribution in [1.29, 1.82) is 0 Å². The van der Waals surface area contributed by atoms with Crippen LogP contribution in [0.5, 0.6) is 0 Å². The van der Waals surface area contributed by atoms with Crippen LogP contribution in [0.25, 0.3) is 0 Å². The standard InChI is InChI=1S/C14H25N3O2S/c1-13(12-14-8-5-4-6-9-14)16-20(18,19)17(3)11-7-10-15-2/h4-6,8-9,13,15-16H,7,10-12H2,1-3H3. The molecule has 0 amide bonds. The SMILES string of the molecule is CNCCCN(C)S(=O)(=O)NC(C)Cc1ccccc1. The van der Waals surface area contributed by atoms with E-state index in [4.69, 9.17) is 0 Å². The fourth-order valence-electron chi connectivity index (χ4n) is 1.95. The Balaban J connectivity index is 2.48. The number of rotatable bonds is 9. The van der Waals surface area contributed by atoms with E-state index in [1.54, 1.807) is 7.05 Å². The highest BCUT2D eigenvalue weighted by Crippen LogP contribution is 2.05. The summed E-state index contributed by atoms with van der Waals surface area (Å²) in [5.41, 5.74) is 1.13. The quantitative estimate of drug-likeness (QED) is 0.669. The fraction of sp³-hybridized carbons (Fsp3) is 0.571. The lowest BCUT2D eigenvalue weighted by atomic mass is 10.1. The Bertz CT molecular complexity index is 476. The number of hydrogen-bond acceptors (Lipinski definition) is 3. The Morgan fingerprint density at radius 3 is 2.50 bits per heavy atom. The molecule has 1 unspecified atom stereocenters. The molecular weight excluding hydrogens is 274 g/mol. The van der Waals surface area contributed by atoms with Gasteiger partial charge in [-0.3, -0.25) is 0 Å². The Hall–Kier alpha value is -0.950. The van der Waals surface area contributed by atoms with Gasteiger partial charge in [0, 0.05) is 19.6 Å². The predicted octanol–water partition coefficient (Wildman–Crippen LogP) is 0.993. The van der Waals surface area contributed by atoms with Gasteiger partial charge in [-0.15, -0.1) is 0 Å². The summed E-state index contributed by atoms with van der Waals surface area (Å²) in [5.74, 6) is 0. The first-order valence-electron chi connectivity index (χ1n) is 6.88. The van der Waals surface area contributed by atoms with Crippen LogP contribution in [-0.2, 0) is 16.6 Å². The van der Waals surface area contributed by atoms with Gasteiger partial charge in [0.25, 0.3) is 10.2 Å². The molecule has 0 aliphatic carbocycles. The topological polar surface area (TPSA) is 61.4 Å². The summed E-state index contributed by atoms with van der Waals surface area (Å²) in [7, 11) is 0.0557. The van der Waals surface area contributed by atoms with Crippen molar-refractivity contribution in [2.24, 2.45) is 0 Å². The van der Waals surface area contributed by atoms with Gasteiger partial charge in [0.1, 0.15) is 0 Å². The molecule has 0 aliphatic heterocycles. The molecule has 1 aromatic carbocycles. The van der Waals surface area contributed by atoms with E-state index in [2.05, 4.69) is 10.0 Å². The maximum absolute atomic E-state index is 12.1. The van der Waals surface area contributed by atoms with E-state index in [1.807, 2.05) is 44.3 Å². The summed E-state index contributed by atoms with van der Waals surface area (Å²) in [6.45, 7) is 3.19. The zero-order valence-corrected chi connectivity index (χ0v) is 13.3. The Morgan fingerprint density at radius 1 is 1.25 bits per heavy atom. The molecule has 0 bridgehead atoms. The lowest BCUT2D eigenvalue weighted by molar-refractivity contribution is 0.440. The molecule has 114 valence electrons. The second kappa shape index (κ2) is 8.36. The molecule has 1 aromatic rings. The zero-order valence-electron chi connectivity index (χ0n) is 12.5. The molecule has 20 heavy (non-hydrogen) atoms. The maximum Gasteiger partial charge on any atom is 0.279 e. The summed E-state index contributed by atoms with van der Waals surface area (Å²) in [6, 6.07) is 9.74. The number of nitrogens with zero attached hydrogens (tertiary/aromatic N) is 1. The van der Waals surface area contributed by atoms with Crippen molar-refractivity contribution < 1.29 is 8.42 Å². The molecule has 6 heteroatoms. The fourth-order valence-corrected chi connectivity index (χ4v) is 3.09. The van der Waals surface area contributed by atoms with Gasteiger partial charge in [0.05, 0.1) is 0 Å². The normalized spacial score (nSPS) is 13.6. The molecule has 1 rings (SSSR count). The highest BCUT2D eigenvalue weighted by atomic mass is 32.2. The van der Waals surface area contributed by atoms with Gasteiger partial charge in [-0.25, -0.2) is 0 Å². The summed E-state index contributed by atoms with van der Waals surface area (Å²) >= 11 is 0. The molecule has 5 nitrogen and oxygen atoms in total. The minimum absolute atomic E-state index is 0.130. The first-order valence-corrected chi connectivity index (χ1v) is 8.32. The van der Waals surface area contributed by atoms with Gasteiger partial charge >= 0.3 is 0 Å². The van der Waals surface area contributed by atoms with Crippen LogP contribution in [0.3, 0.4) is 0 Å². The van der Waals surface area contributed by atoms with Gasteiger partial charge in [-0.1, -0.05) is 30.3 Å². The molecule has 0 aliphatic rings. The Labute approximate surface area is 122 Å². The average molecular weight is 299 g/mol. The summed E-state index contributed by atoms with van der Waals surface area (Å²) in [6.07, 6.45) is 1.48. The largest absolute Gasteiger partial charge is 0.320 e. The van der Waals surface area contributed by atoms with Crippen molar-refractivity contribution in [2.45, 2.75) is 25.8 Å². The van der Waals surface area contributed by atoms with E-state index in [-0.39, 0.29) is 6.04 Å². The Morgan fingerprint density at radius 2 is 1.90 bits per heavy atom. The predicted molar refractivity (Wildman–Crippen MR) is 82.8 cm³/mol. The smallest absolute Gasteiger partial charge is 0.279 e. The third kappa shape index (κ3) is 6.00. The van der Waals surface area contributed by atoms with E-state index in [9.17, 15) is 8.42 Å². The van der Waals surface area contributed by atoms with Crippen molar-refractivity contribution in [1.82, 2.24) is 14.3 Å². The molecule has 0 radical (unpaired) electrons. The number of nitrogens with one attached hydrogen (secondary N) is 2. The van der Waals surface area contributed by atoms with Gasteiger partial charge in [0.15, 0.2) is 0 Å². The van der Waals surface area contributed by atoms with E-state index >= 15 is 0 Å². The van der Waals surface area contributed by atoms with E-state index in [0.29, 0.717) is 13.0 Å². The molecule has 0 spiro atoms. The minimum Gasteiger partial charge on any atom is -0.320 e. The minimum atomic E-state index is -3.40. The molecule has 1 atom stereocenters. The highest BCUT2D eigenvalue weighted by molar-refractivity contribution is 7.87. The average Bonchev–Trinajstić information content (AvgIpc) is 2.39. The van der Waals surface area contributed by atoms with Crippen LogP contribution >= 0.6 is 0 Å². The first-order chi connectivity index (χ1) is 9.45. The molecule has 0 heterocycles. The zero-order chi connectivity index (χ0) is 15.0. The van der Waals surface area contributed by atoms with E-state index in [0.717, 1.165) is 18.5 Å². The van der Waals surface area contributed by atoms with Crippen molar-refractivity contribution >= 4 is 10.2 Å². The molecule has 0 saturated carbocycles. The first kappa shape index (κ1) is 17.1. The Kier molecular flexibility index (Phi) is 7.15. The van der Waals surface area contributed by atoms with Crippen molar-refractivity contribution in [3.8, 4) is 0 Å². The lowest BCUT2D eigenvalue weighted by Gasteiger charge is -2.21. The van der Waals surface area contributed by atoms with Crippen LogP contribution in [0.2, 0.25) is 0 Å². The maximum atomic E-state index is 12.1. The molecule has 0 aromatic heterocycles. The number of benzene rings is 1. The number of hydrogen-bond donors (Lipinski definition) is 2. The van der Waals surface area contributed by atoms with Gasteiger partial charge in [-0.05, 0) is 38.9 Å². The summed E-state index contributed by atoms with van der Waals surface area (Å²) in [5, 5.41) is 3.01. The van der Waals surface area contributed by atoms with Gasteiger partial charge in [0.2, 0.25) is 0 Å². The third-order valence-corrected chi connectivity index (χ3v) is 4.75. The lowest BCUT2D eigenvalue weighted by Crippen LogP contribution is -2.44. The van der Waals surface area contributed by atoms with Crippen molar-refractivity contribution in [3.63, 3.8) is 0 Å². The van der Waals surface area contributed by atoms with Crippen LogP contribution in [0, 0.1) is 0 Å². The highest BCUT2D eigenvalue weighted by Gasteiger charge is 2.19. The molecule has 2 N–H and O–H groups in total. The van der Waals surface area contributed by atoms with Crippen LogP contribution in [0.15, 0.2) is 30.3 Å². The van der Waals surface area contributed by atoms with Crippen LogP contribution in [0.1, 0.15) is 18.9 Å². The van der Waals surface area contributed by atoms with Crippen molar-refractivity contribution in [3.05, 3.63) is 35.9 Å². The summed E-state index contributed by atoms with van der Waals surface area (Å²) < 4.78 is 28.3. The van der Waals surface area contributed by atoms with Gasteiger partial charge in [-0.2, -0.15) is 17.4 Å². The van der Waals surface area contributed by atoms with Crippen LogP contribution in [0.4, 0.5) is 0 Å². The van der Waals surface area contributed by atoms with Crippen LogP contribution < -0.4 is 10.0 Å². The molecule has 0 fully saturated rings. The summed E-state index contributed by atoms with van der Waals surface area (Å²) in [4.78, 5) is 0. The second-order valence-electron chi connectivity index (χ2n) is 4.99. The van der Waals surface area contributed by atoms with Gasteiger partial charge < -0.3 is 5.32 Å². The molecule has 0 saturated heterocycles. The molecular formula is C14H25N3O2S. The van der Waals surface area contributed by atoms with E-state index in [1.165, 1.54) is 4.31 Å². The van der Waals surface area contributed by atoms with E-state index < -0.39 is 10.2 Å². The van der Waals surface area contributed by atoms with Crippen molar-refractivity contribution in [2.75, 3.05) is 27.2 Å². The van der Waals surface area contributed by atoms with Crippen LogP contribution in [-0.4, -0.2) is 45.9 Å².